The van der Waals surface area contributed by atoms with E-state index >= 15 is 0 Å². The van der Waals surface area contributed by atoms with E-state index in [-0.39, 0.29) is 16.4 Å². The van der Waals surface area contributed by atoms with Gasteiger partial charge in [-0.1, -0.05) is 23.5 Å². The number of anilines is 1. The summed E-state index contributed by atoms with van der Waals surface area (Å²) in [5, 5.41) is 31.1. The number of carbonyl (C=O) groups is 1. The van der Waals surface area contributed by atoms with Crippen LogP contribution in [0.4, 0.5) is 10.8 Å². The van der Waals surface area contributed by atoms with Crippen molar-refractivity contribution in [3.63, 3.8) is 0 Å². The van der Waals surface area contributed by atoms with Gasteiger partial charge < -0.3 is 4.74 Å². The first-order chi connectivity index (χ1) is 14.0. The number of non-ortho nitro benzene ring substituents is 1. The maximum atomic E-state index is 12.3. The summed E-state index contributed by atoms with van der Waals surface area (Å²) in [6.45, 7) is 0. The minimum absolute atomic E-state index is 0.109. The zero-order valence-corrected chi connectivity index (χ0v) is 15.8. The summed E-state index contributed by atoms with van der Waals surface area (Å²) in [6.07, 6.45) is 1.65. The zero-order valence-electron chi connectivity index (χ0n) is 15.0. The van der Waals surface area contributed by atoms with Gasteiger partial charge in [0.05, 0.1) is 17.6 Å². The van der Waals surface area contributed by atoms with E-state index in [9.17, 15) is 20.2 Å². The molecule has 2 aromatic carbocycles. The van der Waals surface area contributed by atoms with E-state index in [1.54, 1.807) is 37.5 Å². The highest BCUT2D eigenvalue weighted by atomic mass is 32.1. The fourth-order valence-electron chi connectivity index (χ4n) is 2.30. The van der Waals surface area contributed by atoms with Crippen molar-refractivity contribution in [2.24, 2.45) is 0 Å². The Morgan fingerprint density at radius 3 is 2.48 bits per heavy atom. The van der Waals surface area contributed by atoms with E-state index in [0.717, 1.165) is 16.9 Å². The number of aromatic nitrogens is 2. The first-order valence-electron chi connectivity index (χ1n) is 8.15. The Morgan fingerprint density at radius 1 is 1.21 bits per heavy atom. The molecule has 10 heteroatoms. The molecule has 1 heterocycles. The number of rotatable bonds is 6. The van der Waals surface area contributed by atoms with Gasteiger partial charge in [-0.15, -0.1) is 10.2 Å². The molecular weight excluding hydrogens is 394 g/mol. The average Bonchev–Trinajstić information content (AvgIpc) is 3.20. The van der Waals surface area contributed by atoms with Crippen LogP contribution in [0.5, 0.6) is 5.75 Å². The number of methoxy groups -OCH3 is 1. The molecule has 144 valence electrons. The molecule has 0 atom stereocenters. The Bertz CT molecular complexity index is 1110. The number of ether oxygens (including phenoxy) is 1. The predicted molar refractivity (Wildman–Crippen MR) is 107 cm³/mol. The number of amides is 1. The third kappa shape index (κ3) is 4.79. The summed E-state index contributed by atoms with van der Waals surface area (Å²) in [5.74, 6) is 0.216. The minimum atomic E-state index is -0.544. The van der Waals surface area contributed by atoms with Crippen LogP contribution in [-0.4, -0.2) is 28.1 Å². The molecule has 0 aliphatic carbocycles. The molecule has 9 nitrogen and oxygen atoms in total. The van der Waals surface area contributed by atoms with E-state index in [2.05, 4.69) is 21.6 Å². The second-order valence-corrected chi connectivity index (χ2v) is 6.59. The molecule has 29 heavy (non-hydrogen) atoms. The standard InChI is InChI=1S/C19H13N5O4S/c1-28-16-8-2-12(3-9-16)10-14(11-20)18-22-23-19(29-18)21-17(25)13-4-6-15(7-5-13)24(26)27/h2-10H,1H3,(H,21,23,25)/b14-10-. The number of carbonyl (C=O) groups excluding carboxylic acids is 1. The highest BCUT2D eigenvalue weighted by molar-refractivity contribution is 7.16. The van der Waals surface area contributed by atoms with E-state index in [0.29, 0.717) is 16.3 Å². The fraction of sp³-hybridized carbons (Fsp3) is 0.0526. The maximum absolute atomic E-state index is 12.3. The van der Waals surface area contributed by atoms with E-state index < -0.39 is 10.8 Å². The molecule has 3 rings (SSSR count). The van der Waals surface area contributed by atoms with Crippen LogP contribution in [0.3, 0.4) is 0 Å². The number of nitro groups is 1. The largest absolute Gasteiger partial charge is 0.497 e. The molecule has 0 aliphatic rings. The van der Waals surface area contributed by atoms with Gasteiger partial charge in [0.25, 0.3) is 11.6 Å². The summed E-state index contributed by atoms with van der Waals surface area (Å²) in [5.41, 5.74) is 1.21. The smallest absolute Gasteiger partial charge is 0.269 e. The van der Waals surface area contributed by atoms with Crippen LogP contribution in [-0.2, 0) is 0 Å². The van der Waals surface area contributed by atoms with Gasteiger partial charge in [0, 0.05) is 17.7 Å². The SMILES string of the molecule is COc1ccc(/C=C(/C#N)c2nnc(NC(=O)c3ccc([N+](=O)[O-])cc3)s2)cc1. The molecular formula is C19H13N5O4S. The summed E-state index contributed by atoms with van der Waals surface area (Å²) in [7, 11) is 1.57. The molecule has 1 amide bonds. The Balaban J connectivity index is 1.74. The normalized spacial score (nSPS) is 10.8. The molecule has 1 aromatic heterocycles. The lowest BCUT2D eigenvalue weighted by Crippen LogP contribution is -2.11. The van der Waals surface area contributed by atoms with E-state index in [4.69, 9.17) is 4.74 Å². The van der Waals surface area contributed by atoms with Crippen molar-refractivity contribution in [1.29, 1.82) is 5.26 Å². The highest BCUT2D eigenvalue weighted by Gasteiger charge is 2.14. The molecule has 0 aliphatic heterocycles. The quantitative estimate of drug-likeness (QED) is 0.374. The number of nitrogens with one attached hydrogen (secondary N) is 1. The zero-order chi connectivity index (χ0) is 20.8. The highest BCUT2D eigenvalue weighted by Crippen LogP contribution is 2.25. The van der Waals surface area contributed by atoms with Crippen LogP contribution >= 0.6 is 11.3 Å². The third-order valence-corrected chi connectivity index (χ3v) is 4.64. The second kappa shape index (κ2) is 8.73. The lowest BCUT2D eigenvalue weighted by atomic mass is 10.1. The van der Waals surface area contributed by atoms with Gasteiger partial charge in [0.1, 0.15) is 11.8 Å². The van der Waals surface area contributed by atoms with Crippen molar-refractivity contribution in [1.82, 2.24) is 10.2 Å². The minimum Gasteiger partial charge on any atom is -0.497 e. The third-order valence-electron chi connectivity index (χ3n) is 3.76. The van der Waals surface area contributed by atoms with E-state index in [1.165, 1.54) is 24.3 Å². The van der Waals surface area contributed by atoms with Gasteiger partial charge in [-0.25, -0.2) is 0 Å². The van der Waals surface area contributed by atoms with Gasteiger partial charge in [0.2, 0.25) is 5.13 Å². The molecule has 1 N–H and O–H groups in total. The summed E-state index contributed by atoms with van der Waals surface area (Å²) in [6, 6.07) is 14.4. The van der Waals surface area contributed by atoms with Crippen LogP contribution in [0.15, 0.2) is 48.5 Å². The number of benzene rings is 2. The van der Waals surface area contributed by atoms with Crippen LogP contribution in [0.25, 0.3) is 11.6 Å². The Labute approximate surface area is 169 Å². The first kappa shape index (κ1) is 19.7. The maximum Gasteiger partial charge on any atom is 0.269 e. The van der Waals surface area contributed by atoms with Gasteiger partial charge in [0.15, 0.2) is 5.01 Å². The Kier molecular flexibility index (Phi) is 5.91. The number of nitrogens with zero attached hydrogens (tertiary/aromatic N) is 4. The molecule has 0 unspecified atom stereocenters. The van der Waals surface area contributed by atoms with Crippen molar-refractivity contribution in [3.05, 3.63) is 74.8 Å². The van der Waals surface area contributed by atoms with Crippen molar-refractivity contribution >= 4 is 39.7 Å². The number of hydrogen-bond donors (Lipinski definition) is 1. The predicted octanol–water partition coefficient (Wildman–Crippen LogP) is 3.77. The number of nitro benzene ring substituents is 1. The number of nitriles is 1. The van der Waals surface area contributed by atoms with Crippen LogP contribution < -0.4 is 10.1 Å². The molecule has 0 radical (unpaired) electrons. The summed E-state index contributed by atoms with van der Waals surface area (Å²) >= 11 is 1.05. The molecule has 0 saturated heterocycles. The fourth-order valence-corrected chi connectivity index (χ4v) is 3.00. The molecule has 0 saturated carbocycles. The average molecular weight is 407 g/mol. The molecule has 0 fully saturated rings. The van der Waals surface area contributed by atoms with E-state index in [1.807, 2.05) is 0 Å². The van der Waals surface area contributed by atoms with Gasteiger partial charge in [-0.05, 0) is 35.9 Å². The lowest BCUT2D eigenvalue weighted by molar-refractivity contribution is -0.384. The Hall–Kier alpha value is -4.10. The van der Waals surface area contributed by atoms with Gasteiger partial charge >= 0.3 is 0 Å². The monoisotopic (exact) mass is 407 g/mol. The number of hydrogen-bond acceptors (Lipinski definition) is 8. The van der Waals surface area contributed by atoms with Crippen LogP contribution in [0.1, 0.15) is 20.9 Å². The number of allylic oxidation sites excluding steroid dienone is 1. The lowest BCUT2D eigenvalue weighted by Gasteiger charge is -2.00. The topological polar surface area (TPSA) is 131 Å². The van der Waals surface area contributed by atoms with Crippen LogP contribution in [0, 0.1) is 21.4 Å². The summed E-state index contributed by atoms with van der Waals surface area (Å²) < 4.78 is 5.10. The molecule has 0 spiro atoms. The Morgan fingerprint density at radius 2 is 1.90 bits per heavy atom. The second-order valence-electron chi connectivity index (χ2n) is 5.61. The van der Waals surface area contributed by atoms with Crippen molar-refractivity contribution in [2.45, 2.75) is 0 Å². The van der Waals surface area contributed by atoms with Crippen molar-refractivity contribution in [2.75, 3.05) is 12.4 Å². The van der Waals surface area contributed by atoms with Crippen molar-refractivity contribution < 1.29 is 14.5 Å². The summed E-state index contributed by atoms with van der Waals surface area (Å²) in [4.78, 5) is 22.4. The van der Waals surface area contributed by atoms with Crippen LogP contribution in [0.2, 0.25) is 0 Å². The van der Waals surface area contributed by atoms with Gasteiger partial charge in [-0.3, -0.25) is 20.2 Å². The van der Waals surface area contributed by atoms with Crippen molar-refractivity contribution in [3.8, 4) is 11.8 Å². The molecule has 0 bridgehead atoms. The van der Waals surface area contributed by atoms with Gasteiger partial charge in [-0.2, -0.15) is 5.26 Å². The first-order valence-corrected chi connectivity index (χ1v) is 8.97. The molecule has 3 aromatic rings.